The van der Waals surface area contributed by atoms with Crippen molar-refractivity contribution in [1.29, 1.82) is 0 Å². The third-order valence-electron chi connectivity index (χ3n) is 3.17. The van der Waals surface area contributed by atoms with Gasteiger partial charge in [-0.15, -0.1) is 0 Å². The lowest BCUT2D eigenvalue weighted by molar-refractivity contribution is -0.147. The second-order valence-electron chi connectivity index (χ2n) is 5.80. The lowest BCUT2D eigenvalue weighted by atomic mass is 9.92. The molecule has 5 nitrogen and oxygen atoms in total. The molecule has 1 aromatic carbocycles. The third kappa shape index (κ3) is 3.16. The Bertz CT molecular complexity index is 818. The molecule has 2 rings (SSSR count). The first-order valence-corrected chi connectivity index (χ1v) is 8.25. The van der Waals surface area contributed by atoms with Gasteiger partial charge in [0, 0.05) is 10.3 Å². The number of sulfone groups is 1. The van der Waals surface area contributed by atoms with E-state index in [2.05, 4.69) is 0 Å². The maximum Gasteiger partial charge on any atom is 0.374 e. The fraction of sp³-hybridized carbons (Fsp3) is 0.438. The molecule has 1 aliphatic heterocycles. The minimum atomic E-state index is -4.43. The lowest BCUT2D eigenvalue weighted by Gasteiger charge is -2.21. The average molecular weight is 327 g/mol. The first kappa shape index (κ1) is 12.7. The Balaban J connectivity index is 2.54. The van der Waals surface area contributed by atoms with Crippen LogP contribution in [0.5, 0.6) is 0 Å². The lowest BCUT2D eigenvalue weighted by Crippen LogP contribution is -2.22. The minimum Gasteiger partial charge on any atom is -0.484 e. The van der Waals surface area contributed by atoms with Crippen LogP contribution in [0.3, 0.4) is 0 Å². The second-order valence-corrected chi connectivity index (χ2v) is 7.28. The molecule has 0 N–H and O–H groups in total. The average Bonchev–Trinajstić information content (AvgIpc) is 2.66. The number of carbonyl (C=O) groups is 1. The highest BCUT2D eigenvalue weighted by atomic mass is 32.2. The van der Waals surface area contributed by atoms with Crippen LogP contribution in [0.25, 0.3) is 5.57 Å². The van der Waals surface area contributed by atoms with E-state index in [1.807, 2.05) is 0 Å². The fourth-order valence-corrected chi connectivity index (χ4v) is 2.82. The van der Waals surface area contributed by atoms with Crippen molar-refractivity contribution in [3.8, 4) is 0 Å². The summed E-state index contributed by atoms with van der Waals surface area (Å²) in [5, 5.41) is 0. The van der Waals surface area contributed by atoms with Crippen LogP contribution in [0.2, 0.25) is 0 Å². The van der Waals surface area contributed by atoms with E-state index in [1.54, 1.807) is 27.7 Å². The van der Waals surface area contributed by atoms with Gasteiger partial charge in [-0.1, -0.05) is 12.1 Å². The molecule has 0 saturated heterocycles. The van der Waals surface area contributed by atoms with E-state index in [9.17, 15) is 13.2 Å². The van der Waals surface area contributed by atoms with Crippen molar-refractivity contribution in [3.63, 3.8) is 0 Å². The van der Waals surface area contributed by atoms with Gasteiger partial charge < -0.3 is 9.47 Å². The Morgan fingerprint density at radius 1 is 1.23 bits per heavy atom. The highest BCUT2D eigenvalue weighted by Gasteiger charge is 2.43. The van der Waals surface area contributed by atoms with E-state index in [0.29, 0.717) is 11.1 Å². The van der Waals surface area contributed by atoms with Crippen LogP contribution in [-0.2, 0) is 24.1 Å². The van der Waals surface area contributed by atoms with Crippen molar-refractivity contribution < 1.29 is 26.8 Å². The molecule has 1 aliphatic rings. The topological polar surface area (TPSA) is 69.7 Å². The maximum atomic E-state index is 12.1. The van der Waals surface area contributed by atoms with Crippen molar-refractivity contribution in [2.45, 2.75) is 44.3 Å². The third-order valence-corrected chi connectivity index (χ3v) is 4.06. The van der Waals surface area contributed by atoms with Gasteiger partial charge in [-0.25, -0.2) is 13.2 Å². The molecule has 0 aromatic heterocycles. The number of ether oxygens (including phenoxy) is 2. The smallest absolute Gasteiger partial charge is 0.374 e. The normalized spacial score (nSPS) is 20.4. The summed E-state index contributed by atoms with van der Waals surface area (Å²) in [4.78, 5) is 11.8. The number of hydrogen-bond donors (Lipinski definition) is 0. The Hall–Kier alpha value is -1.82. The summed E-state index contributed by atoms with van der Waals surface area (Å²) >= 11 is 0. The van der Waals surface area contributed by atoms with Gasteiger partial charge in [-0.3, -0.25) is 0 Å². The second kappa shape index (κ2) is 5.43. The van der Waals surface area contributed by atoms with Gasteiger partial charge >= 0.3 is 5.97 Å². The number of esters is 1. The summed E-state index contributed by atoms with van der Waals surface area (Å²) in [5.41, 5.74) is 0.0613. The Morgan fingerprint density at radius 3 is 2.32 bits per heavy atom. The maximum absolute atomic E-state index is 12.1. The van der Waals surface area contributed by atoms with E-state index in [4.69, 9.17) is 13.6 Å². The van der Waals surface area contributed by atoms with Crippen molar-refractivity contribution in [3.05, 3.63) is 35.6 Å². The summed E-state index contributed by atoms with van der Waals surface area (Å²) in [5.74, 6) is -0.515. The first-order chi connectivity index (χ1) is 11.3. The number of cyclic esters (lactones) is 1. The van der Waals surface area contributed by atoms with Crippen LogP contribution < -0.4 is 0 Å². The van der Waals surface area contributed by atoms with Crippen LogP contribution in [-0.4, -0.2) is 32.3 Å². The highest BCUT2D eigenvalue weighted by molar-refractivity contribution is 7.90. The summed E-state index contributed by atoms with van der Waals surface area (Å²) in [7, 11) is -4.43. The summed E-state index contributed by atoms with van der Waals surface area (Å²) in [6.45, 7) is 6.94. The van der Waals surface area contributed by atoms with E-state index in [1.165, 1.54) is 24.3 Å². The standard InChI is InChI=1S/C16H20O5S/c1-10(2)20-14-13(16(3,4)21-15(14)17)11-6-8-12(9-7-11)22(5,18)19/h6-10H,1-5H3/i5D3. The SMILES string of the molecule is [2H]C([2H])([2H])S(=O)(=O)c1ccc(C2=C(OC(C)C)C(=O)OC2(C)C)cc1. The van der Waals surface area contributed by atoms with Crippen LogP contribution in [0, 0.1) is 0 Å². The zero-order valence-corrected chi connectivity index (χ0v) is 13.7. The molecule has 0 fully saturated rings. The molecule has 0 saturated carbocycles. The Morgan fingerprint density at radius 2 is 1.82 bits per heavy atom. The van der Waals surface area contributed by atoms with E-state index < -0.39 is 27.6 Å². The number of hydrogen-bond acceptors (Lipinski definition) is 5. The largest absolute Gasteiger partial charge is 0.484 e. The molecule has 0 radical (unpaired) electrons. The predicted molar refractivity (Wildman–Crippen MR) is 82.9 cm³/mol. The molecule has 0 amide bonds. The van der Waals surface area contributed by atoms with E-state index in [-0.39, 0.29) is 16.8 Å². The fourth-order valence-electron chi connectivity index (χ4n) is 2.33. The predicted octanol–water partition coefficient (Wildman–Crippen LogP) is 2.56. The van der Waals surface area contributed by atoms with Gasteiger partial charge in [0.1, 0.15) is 5.60 Å². The van der Waals surface area contributed by atoms with Gasteiger partial charge in [0.05, 0.1) is 16.6 Å². The van der Waals surface area contributed by atoms with Gasteiger partial charge in [0.25, 0.3) is 0 Å². The zero-order chi connectivity index (χ0) is 19.2. The van der Waals surface area contributed by atoms with Crippen LogP contribution in [0.15, 0.2) is 34.9 Å². The van der Waals surface area contributed by atoms with Gasteiger partial charge in [0.15, 0.2) is 9.84 Å². The first-order valence-electron chi connectivity index (χ1n) is 8.27. The van der Waals surface area contributed by atoms with Gasteiger partial charge in [0.2, 0.25) is 5.76 Å². The monoisotopic (exact) mass is 327 g/mol. The Labute approximate surface area is 135 Å². The molecule has 0 spiro atoms. The van der Waals surface area contributed by atoms with E-state index >= 15 is 0 Å². The zero-order valence-electron chi connectivity index (χ0n) is 15.8. The highest BCUT2D eigenvalue weighted by Crippen LogP contribution is 2.40. The molecule has 0 bridgehead atoms. The molecule has 1 aromatic rings. The van der Waals surface area contributed by atoms with Crippen LogP contribution in [0.4, 0.5) is 0 Å². The van der Waals surface area contributed by atoms with Crippen molar-refractivity contribution in [2.75, 3.05) is 6.18 Å². The number of benzene rings is 1. The van der Waals surface area contributed by atoms with Crippen molar-refractivity contribution in [1.82, 2.24) is 0 Å². The van der Waals surface area contributed by atoms with Crippen molar-refractivity contribution >= 4 is 21.4 Å². The number of rotatable bonds is 4. The minimum absolute atomic E-state index is 0.0754. The molecular weight excluding hydrogens is 304 g/mol. The van der Waals surface area contributed by atoms with E-state index in [0.717, 1.165) is 0 Å². The van der Waals surface area contributed by atoms with Gasteiger partial charge in [-0.2, -0.15) is 0 Å². The quantitative estimate of drug-likeness (QED) is 0.795. The molecule has 0 aliphatic carbocycles. The van der Waals surface area contributed by atoms with Gasteiger partial charge in [-0.05, 0) is 45.4 Å². The summed E-state index contributed by atoms with van der Waals surface area (Å²) in [6, 6.07) is 5.30. The number of carbonyl (C=O) groups excluding carboxylic acids is 1. The van der Waals surface area contributed by atoms with Crippen LogP contribution >= 0.6 is 0 Å². The molecule has 120 valence electrons. The Kier molecular flexibility index (Phi) is 3.13. The molecule has 0 atom stereocenters. The summed E-state index contributed by atoms with van der Waals surface area (Å²) in [6.07, 6.45) is -3.38. The molecule has 22 heavy (non-hydrogen) atoms. The summed E-state index contributed by atoms with van der Waals surface area (Å²) < 4.78 is 56.3. The molecule has 1 heterocycles. The molecule has 6 heteroatoms. The molecular formula is C16H20O5S. The van der Waals surface area contributed by atoms with Crippen molar-refractivity contribution in [2.24, 2.45) is 0 Å². The van der Waals surface area contributed by atoms with Crippen LogP contribution in [0.1, 0.15) is 37.4 Å². The molecule has 0 unspecified atom stereocenters.